The Balaban J connectivity index is 1.60. The summed E-state index contributed by atoms with van der Waals surface area (Å²) in [7, 11) is 0. The number of nitrogens with one attached hydrogen (secondary N) is 2. The van der Waals surface area contributed by atoms with E-state index in [0.29, 0.717) is 11.3 Å². The van der Waals surface area contributed by atoms with Crippen LogP contribution in [0.1, 0.15) is 15.2 Å². The summed E-state index contributed by atoms with van der Waals surface area (Å²) in [4.78, 5) is 29.9. The van der Waals surface area contributed by atoms with Gasteiger partial charge in [-0.2, -0.15) is 0 Å². The number of amides is 2. The van der Waals surface area contributed by atoms with Crippen molar-refractivity contribution in [1.82, 2.24) is 4.98 Å². The van der Waals surface area contributed by atoms with E-state index in [9.17, 15) is 14.7 Å². The van der Waals surface area contributed by atoms with Crippen LogP contribution in [-0.2, 0) is 6.61 Å². The van der Waals surface area contributed by atoms with Gasteiger partial charge in [0.15, 0.2) is 0 Å². The average Bonchev–Trinajstić information content (AvgIpc) is 3.30. The highest BCUT2D eigenvalue weighted by atomic mass is 32.1. The van der Waals surface area contributed by atoms with E-state index in [1.54, 1.807) is 42.7 Å². The monoisotopic (exact) mass is 445 g/mol. The lowest BCUT2D eigenvalue weighted by atomic mass is 10.1. The van der Waals surface area contributed by atoms with Gasteiger partial charge in [-0.05, 0) is 59.2 Å². The number of carboxylic acid groups (broad SMARTS) is 1. The third-order valence-electron chi connectivity index (χ3n) is 4.75. The molecule has 0 saturated heterocycles. The quantitative estimate of drug-likeness (QED) is 0.321. The Morgan fingerprint density at radius 1 is 0.875 bits per heavy atom. The second-order valence-corrected chi connectivity index (χ2v) is 8.06. The molecule has 2 amide bonds. The molecule has 4 rings (SSSR count). The van der Waals surface area contributed by atoms with Gasteiger partial charge in [-0.1, -0.05) is 24.3 Å². The molecule has 0 aliphatic carbocycles. The van der Waals surface area contributed by atoms with Crippen LogP contribution in [0.25, 0.3) is 21.6 Å². The van der Waals surface area contributed by atoms with Crippen LogP contribution >= 0.6 is 11.3 Å². The van der Waals surface area contributed by atoms with Crippen LogP contribution in [0.4, 0.5) is 16.2 Å². The summed E-state index contributed by atoms with van der Waals surface area (Å²) in [5.74, 6) is -0.365. The van der Waals surface area contributed by atoms with Crippen molar-refractivity contribution in [1.29, 1.82) is 0 Å². The number of hydrogen-bond acceptors (Lipinski definition) is 5. The lowest BCUT2D eigenvalue weighted by molar-refractivity contribution is 0.102. The topological polar surface area (TPSA) is 112 Å². The largest absolute Gasteiger partial charge is 0.465 e. The number of benzene rings is 2. The average molecular weight is 446 g/mol. The zero-order valence-electron chi connectivity index (χ0n) is 16.8. The van der Waals surface area contributed by atoms with Gasteiger partial charge in [0.05, 0.1) is 18.0 Å². The molecule has 2 aromatic heterocycles. The van der Waals surface area contributed by atoms with Crippen molar-refractivity contribution in [2.45, 2.75) is 6.61 Å². The maximum atomic E-state index is 12.9. The van der Waals surface area contributed by atoms with Crippen LogP contribution in [0.15, 0.2) is 79.1 Å². The number of hydrogen-bond donors (Lipinski definition) is 4. The molecule has 2 aromatic carbocycles. The van der Waals surface area contributed by atoms with E-state index in [1.807, 2.05) is 36.4 Å². The van der Waals surface area contributed by atoms with Crippen LogP contribution < -0.4 is 10.6 Å². The third-order valence-corrected chi connectivity index (χ3v) is 5.87. The summed E-state index contributed by atoms with van der Waals surface area (Å²) in [5.41, 5.74) is 3.71. The van der Waals surface area contributed by atoms with E-state index in [0.717, 1.165) is 26.4 Å². The number of rotatable bonds is 6. The van der Waals surface area contributed by atoms with Crippen molar-refractivity contribution < 1.29 is 19.8 Å². The first-order valence-electron chi connectivity index (χ1n) is 9.69. The van der Waals surface area contributed by atoms with Crippen LogP contribution in [0.2, 0.25) is 0 Å². The number of carbonyl (C=O) groups excluding carboxylic acids is 1. The minimum atomic E-state index is -1.23. The van der Waals surface area contributed by atoms with Crippen molar-refractivity contribution >= 4 is 34.7 Å². The summed E-state index contributed by atoms with van der Waals surface area (Å²) in [6.07, 6.45) is 2.22. The standard InChI is InChI=1S/C24H19N3O4S/c28-14-19-8-10-22(32-19)17-7-9-20(27-24(30)31)21(12-17)26-23(29)16-5-3-15(4-6-16)18-2-1-11-25-13-18/h1-13,27-28H,14H2,(H,26,29)(H,30,31). The van der Waals surface area contributed by atoms with Crippen LogP contribution in [0.5, 0.6) is 0 Å². The molecular formula is C24H19N3O4S. The van der Waals surface area contributed by atoms with Crippen LogP contribution in [0.3, 0.4) is 0 Å². The van der Waals surface area contributed by atoms with Crippen molar-refractivity contribution in [2.75, 3.05) is 10.6 Å². The van der Waals surface area contributed by atoms with E-state index in [1.165, 1.54) is 11.3 Å². The normalized spacial score (nSPS) is 10.5. The number of aliphatic hydroxyl groups excluding tert-OH is 1. The molecule has 0 saturated carbocycles. The molecule has 7 nitrogen and oxygen atoms in total. The van der Waals surface area contributed by atoms with Gasteiger partial charge in [0.2, 0.25) is 0 Å². The molecule has 0 aliphatic heterocycles. The van der Waals surface area contributed by atoms with Gasteiger partial charge in [-0.25, -0.2) is 4.79 Å². The second kappa shape index (κ2) is 9.42. The van der Waals surface area contributed by atoms with Crippen molar-refractivity contribution in [3.05, 3.63) is 89.6 Å². The number of carbonyl (C=O) groups is 2. The number of thiophene rings is 1. The lowest BCUT2D eigenvalue weighted by Crippen LogP contribution is -2.15. The van der Waals surface area contributed by atoms with E-state index in [-0.39, 0.29) is 18.2 Å². The highest BCUT2D eigenvalue weighted by molar-refractivity contribution is 7.15. The van der Waals surface area contributed by atoms with Crippen LogP contribution in [-0.4, -0.2) is 27.2 Å². The maximum Gasteiger partial charge on any atom is 0.409 e. The highest BCUT2D eigenvalue weighted by Crippen LogP contribution is 2.33. The highest BCUT2D eigenvalue weighted by Gasteiger charge is 2.14. The predicted octanol–water partition coefficient (Wildman–Crippen LogP) is 5.31. The van der Waals surface area contributed by atoms with Crippen molar-refractivity contribution in [2.24, 2.45) is 0 Å². The molecule has 4 aromatic rings. The summed E-state index contributed by atoms with van der Waals surface area (Å²) in [6.45, 7) is -0.0536. The first-order chi connectivity index (χ1) is 15.5. The fourth-order valence-electron chi connectivity index (χ4n) is 3.19. The van der Waals surface area contributed by atoms with Crippen molar-refractivity contribution in [3.63, 3.8) is 0 Å². The Hall–Kier alpha value is -4.01. The van der Waals surface area contributed by atoms with E-state index < -0.39 is 6.09 Å². The smallest absolute Gasteiger partial charge is 0.409 e. The number of nitrogens with zero attached hydrogens (tertiary/aromatic N) is 1. The fourth-order valence-corrected chi connectivity index (χ4v) is 4.05. The summed E-state index contributed by atoms with van der Waals surface area (Å²) < 4.78 is 0. The number of aromatic nitrogens is 1. The Kier molecular flexibility index (Phi) is 6.25. The Morgan fingerprint density at radius 2 is 1.66 bits per heavy atom. The summed E-state index contributed by atoms with van der Waals surface area (Å²) in [5, 5.41) is 23.6. The molecule has 32 heavy (non-hydrogen) atoms. The van der Waals surface area contributed by atoms with Gasteiger partial charge in [-0.3, -0.25) is 15.1 Å². The molecule has 0 bridgehead atoms. The Bertz CT molecular complexity index is 1250. The van der Waals surface area contributed by atoms with Gasteiger partial charge in [0.25, 0.3) is 5.91 Å². The number of aliphatic hydroxyl groups is 1. The summed E-state index contributed by atoms with van der Waals surface area (Å²) >= 11 is 1.42. The molecule has 0 radical (unpaired) electrons. The van der Waals surface area contributed by atoms with Gasteiger partial charge in [0.1, 0.15) is 0 Å². The van der Waals surface area contributed by atoms with E-state index in [2.05, 4.69) is 15.6 Å². The van der Waals surface area contributed by atoms with Crippen molar-refractivity contribution in [3.8, 4) is 21.6 Å². The van der Waals surface area contributed by atoms with Crippen LogP contribution in [0, 0.1) is 0 Å². The molecule has 0 unspecified atom stereocenters. The second-order valence-electron chi connectivity index (χ2n) is 6.89. The molecule has 0 fully saturated rings. The van der Waals surface area contributed by atoms with Gasteiger partial charge < -0.3 is 15.5 Å². The molecule has 0 aliphatic rings. The lowest BCUT2D eigenvalue weighted by Gasteiger charge is -2.13. The summed E-state index contributed by atoms with van der Waals surface area (Å²) in [6, 6.07) is 19.6. The van der Waals surface area contributed by atoms with E-state index in [4.69, 9.17) is 5.11 Å². The molecule has 0 spiro atoms. The zero-order valence-corrected chi connectivity index (χ0v) is 17.6. The van der Waals surface area contributed by atoms with E-state index >= 15 is 0 Å². The fraction of sp³-hybridized carbons (Fsp3) is 0.0417. The van der Waals surface area contributed by atoms with Gasteiger partial charge >= 0.3 is 6.09 Å². The molecule has 0 atom stereocenters. The molecule has 4 N–H and O–H groups in total. The molecule has 8 heteroatoms. The molecular weight excluding hydrogens is 426 g/mol. The zero-order chi connectivity index (χ0) is 22.5. The number of pyridine rings is 1. The minimum Gasteiger partial charge on any atom is -0.465 e. The maximum absolute atomic E-state index is 12.9. The van der Waals surface area contributed by atoms with Gasteiger partial charge in [-0.15, -0.1) is 11.3 Å². The predicted molar refractivity (Wildman–Crippen MR) is 125 cm³/mol. The Morgan fingerprint density at radius 3 is 2.31 bits per heavy atom. The molecule has 2 heterocycles. The first kappa shape index (κ1) is 21.2. The minimum absolute atomic E-state index is 0.0536. The Labute approximate surface area is 188 Å². The van der Waals surface area contributed by atoms with Gasteiger partial charge in [0, 0.05) is 27.7 Å². The third kappa shape index (κ3) is 4.83. The number of anilines is 2. The first-order valence-corrected chi connectivity index (χ1v) is 10.5. The molecule has 160 valence electrons. The SMILES string of the molecule is O=C(O)Nc1ccc(-c2ccc(CO)s2)cc1NC(=O)c1ccc(-c2cccnc2)cc1.